The summed E-state index contributed by atoms with van der Waals surface area (Å²) in [6, 6.07) is 16.2. The summed E-state index contributed by atoms with van der Waals surface area (Å²) in [5.41, 5.74) is 5.61. The highest BCUT2D eigenvalue weighted by atomic mass is 16.2. The number of nitrogens with zero attached hydrogens (tertiary/aromatic N) is 2. The zero-order valence-electron chi connectivity index (χ0n) is 15.9. The number of aryl methyl sites for hydroxylation is 1. The third-order valence-electron chi connectivity index (χ3n) is 6.01. The average molecular weight is 373 g/mol. The number of H-pyrrole nitrogens is 1. The van der Waals surface area contributed by atoms with E-state index in [9.17, 15) is 9.59 Å². The summed E-state index contributed by atoms with van der Waals surface area (Å²) in [4.78, 5) is 32.9. The van der Waals surface area contributed by atoms with Gasteiger partial charge in [-0.15, -0.1) is 0 Å². The van der Waals surface area contributed by atoms with Crippen molar-refractivity contribution in [3.63, 3.8) is 0 Å². The molecule has 2 aliphatic rings. The number of aromatic nitrogens is 1. The smallest absolute Gasteiger partial charge is 0.228 e. The van der Waals surface area contributed by atoms with Crippen LogP contribution in [0.4, 0.5) is 5.69 Å². The molecule has 0 aliphatic carbocycles. The first-order valence-corrected chi connectivity index (χ1v) is 9.84. The number of amides is 2. The Morgan fingerprint density at radius 1 is 1.11 bits per heavy atom. The van der Waals surface area contributed by atoms with Crippen LogP contribution in [-0.4, -0.2) is 34.8 Å². The van der Waals surface area contributed by atoms with Crippen LogP contribution in [0.25, 0.3) is 10.9 Å². The van der Waals surface area contributed by atoms with Crippen LogP contribution < -0.4 is 4.90 Å². The molecule has 1 unspecified atom stereocenters. The molecule has 0 saturated carbocycles. The van der Waals surface area contributed by atoms with Crippen LogP contribution in [0.2, 0.25) is 0 Å². The summed E-state index contributed by atoms with van der Waals surface area (Å²) >= 11 is 0. The van der Waals surface area contributed by atoms with Gasteiger partial charge in [0.25, 0.3) is 0 Å². The molecular formula is C23H23N3O2. The van der Waals surface area contributed by atoms with Crippen LogP contribution in [0.1, 0.15) is 23.2 Å². The number of aromatic amines is 1. The Morgan fingerprint density at radius 3 is 2.71 bits per heavy atom. The SMILES string of the molecule is Cc1ccc(N2CC(C(=O)N3CCc4[nH]c5ccccc5c4C3)CC2=O)cc1. The fourth-order valence-corrected chi connectivity index (χ4v) is 4.46. The molecule has 5 rings (SSSR count). The van der Waals surface area contributed by atoms with Crippen molar-refractivity contribution in [2.24, 2.45) is 5.92 Å². The minimum absolute atomic E-state index is 0.0343. The van der Waals surface area contributed by atoms with Crippen LogP contribution in [0.3, 0.4) is 0 Å². The molecule has 1 saturated heterocycles. The summed E-state index contributed by atoms with van der Waals surface area (Å²) in [6.07, 6.45) is 1.13. The van der Waals surface area contributed by atoms with Gasteiger partial charge < -0.3 is 14.8 Å². The average Bonchev–Trinajstić information content (AvgIpc) is 3.28. The zero-order chi connectivity index (χ0) is 19.3. The van der Waals surface area contributed by atoms with E-state index in [1.54, 1.807) is 4.90 Å². The lowest BCUT2D eigenvalue weighted by molar-refractivity contribution is -0.136. The van der Waals surface area contributed by atoms with E-state index < -0.39 is 0 Å². The van der Waals surface area contributed by atoms with Crippen molar-refractivity contribution in [1.82, 2.24) is 9.88 Å². The van der Waals surface area contributed by atoms with Gasteiger partial charge >= 0.3 is 0 Å². The maximum Gasteiger partial charge on any atom is 0.228 e. The number of hydrogen-bond donors (Lipinski definition) is 1. The highest BCUT2D eigenvalue weighted by Crippen LogP contribution is 2.31. The number of fused-ring (bicyclic) bond motifs is 3. The minimum atomic E-state index is -0.263. The quantitative estimate of drug-likeness (QED) is 0.748. The van der Waals surface area contributed by atoms with Crippen molar-refractivity contribution in [2.45, 2.75) is 26.3 Å². The van der Waals surface area contributed by atoms with Gasteiger partial charge in [0, 0.05) is 60.3 Å². The van der Waals surface area contributed by atoms with E-state index in [0.717, 1.165) is 23.2 Å². The molecule has 0 radical (unpaired) electrons. The fraction of sp³-hybridized carbons (Fsp3) is 0.304. The van der Waals surface area contributed by atoms with Gasteiger partial charge in [0.1, 0.15) is 0 Å². The highest BCUT2D eigenvalue weighted by Gasteiger charge is 2.38. The van der Waals surface area contributed by atoms with E-state index in [-0.39, 0.29) is 17.7 Å². The van der Waals surface area contributed by atoms with Gasteiger partial charge in [-0.05, 0) is 25.1 Å². The number of carbonyl (C=O) groups excluding carboxylic acids is 2. The lowest BCUT2D eigenvalue weighted by Gasteiger charge is -2.29. The van der Waals surface area contributed by atoms with Crippen molar-refractivity contribution < 1.29 is 9.59 Å². The number of benzene rings is 2. The van der Waals surface area contributed by atoms with Crippen molar-refractivity contribution in [2.75, 3.05) is 18.0 Å². The topological polar surface area (TPSA) is 56.4 Å². The van der Waals surface area contributed by atoms with Gasteiger partial charge in [0.15, 0.2) is 0 Å². The monoisotopic (exact) mass is 373 g/mol. The molecule has 1 N–H and O–H groups in total. The molecule has 28 heavy (non-hydrogen) atoms. The molecule has 0 bridgehead atoms. The van der Waals surface area contributed by atoms with Crippen molar-refractivity contribution in [3.05, 3.63) is 65.4 Å². The predicted octanol–water partition coefficient (Wildman–Crippen LogP) is 3.41. The second-order valence-electron chi connectivity index (χ2n) is 7.88. The lowest BCUT2D eigenvalue weighted by Crippen LogP contribution is -2.40. The van der Waals surface area contributed by atoms with E-state index in [1.807, 2.05) is 48.2 Å². The van der Waals surface area contributed by atoms with Gasteiger partial charge in [-0.1, -0.05) is 35.9 Å². The van der Waals surface area contributed by atoms with Crippen LogP contribution in [0.15, 0.2) is 48.5 Å². The Hall–Kier alpha value is -3.08. The lowest BCUT2D eigenvalue weighted by atomic mass is 10.0. The van der Waals surface area contributed by atoms with E-state index >= 15 is 0 Å². The molecule has 5 nitrogen and oxygen atoms in total. The summed E-state index contributed by atoms with van der Waals surface area (Å²) in [5.74, 6) is -0.133. The molecule has 3 aromatic rings. The Morgan fingerprint density at radius 2 is 1.89 bits per heavy atom. The Balaban J connectivity index is 1.34. The fourth-order valence-electron chi connectivity index (χ4n) is 4.46. The van der Waals surface area contributed by atoms with E-state index in [0.29, 0.717) is 26.1 Å². The van der Waals surface area contributed by atoms with Gasteiger partial charge in [-0.3, -0.25) is 9.59 Å². The van der Waals surface area contributed by atoms with E-state index in [2.05, 4.69) is 17.1 Å². The first-order chi connectivity index (χ1) is 13.6. The highest BCUT2D eigenvalue weighted by molar-refractivity contribution is 6.00. The zero-order valence-corrected chi connectivity index (χ0v) is 15.9. The Labute approximate surface area is 163 Å². The van der Waals surface area contributed by atoms with Crippen LogP contribution >= 0.6 is 0 Å². The van der Waals surface area contributed by atoms with Gasteiger partial charge in [0.2, 0.25) is 11.8 Å². The molecule has 5 heteroatoms. The molecule has 0 spiro atoms. The molecular weight excluding hydrogens is 350 g/mol. The summed E-state index contributed by atoms with van der Waals surface area (Å²) in [6.45, 7) is 3.82. The van der Waals surface area contributed by atoms with Crippen LogP contribution in [0, 0.1) is 12.8 Å². The largest absolute Gasteiger partial charge is 0.358 e. The number of carbonyl (C=O) groups is 2. The number of hydrogen-bond acceptors (Lipinski definition) is 2. The van der Waals surface area contributed by atoms with Crippen LogP contribution in [0.5, 0.6) is 0 Å². The van der Waals surface area contributed by atoms with Gasteiger partial charge in [0.05, 0.1) is 5.92 Å². The Kier molecular flexibility index (Phi) is 3.97. The summed E-state index contributed by atoms with van der Waals surface area (Å²) in [5, 5.41) is 1.19. The van der Waals surface area contributed by atoms with Crippen molar-refractivity contribution in [1.29, 1.82) is 0 Å². The minimum Gasteiger partial charge on any atom is -0.358 e. The maximum absolute atomic E-state index is 13.2. The first-order valence-electron chi connectivity index (χ1n) is 9.84. The second-order valence-corrected chi connectivity index (χ2v) is 7.88. The summed E-state index contributed by atoms with van der Waals surface area (Å²) < 4.78 is 0. The molecule has 1 aromatic heterocycles. The summed E-state index contributed by atoms with van der Waals surface area (Å²) in [7, 11) is 0. The molecule has 2 amide bonds. The third-order valence-corrected chi connectivity index (χ3v) is 6.01. The second kappa shape index (κ2) is 6.51. The third kappa shape index (κ3) is 2.78. The molecule has 142 valence electrons. The van der Waals surface area contributed by atoms with Crippen LogP contribution in [-0.2, 0) is 22.6 Å². The first kappa shape index (κ1) is 17.0. The van der Waals surface area contributed by atoms with E-state index in [4.69, 9.17) is 0 Å². The van der Waals surface area contributed by atoms with Crippen molar-refractivity contribution in [3.8, 4) is 0 Å². The normalized spacial score (nSPS) is 19.3. The number of nitrogens with one attached hydrogen (secondary N) is 1. The number of rotatable bonds is 2. The molecule has 1 fully saturated rings. The van der Waals surface area contributed by atoms with Gasteiger partial charge in [-0.25, -0.2) is 0 Å². The molecule has 2 aromatic carbocycles. The standard InChI is InChI=1S/C23H23N3O2/c1-15-6-8-17(9-7-15)26-13-16(12-22(26)27)23(28)25-11-10-21-19(14-25)18-4-2-3-5-20(18)24-21/h2-9,16,24H,10-14H2,1H3. The number of anilines is 1. The Bertz CT molecular complexity index is 1070. The molecule has 1 atom stereocenters. The maximum atomic E-state index is 13.2. The van der Waals surface area contributed by atoms with Gasteiger partial charge in [-0.2, -0.15) is 0 Å². The predicted molar refractivity (Wildman–Crippen MR) is 109 cm³/mol. The van der Waals surface area contributed by atoms with Crippen molar-refractivity contribution >= 4 is 28.4 Å². The van der Waals surface area contributed by atoms with E-state index in [1.165, 1.54) is 16.6 Å². The molecule has 2 aliphatic heterocycles. The number of para-hydroxylation sites is 1. The molecule has 3 heterocycles.